The Morgan fingerprint density at radius 2 is 2.36 bits per heavy atom. The van der Waals surface area contributed by atoms with Gasteiger partial charge in [0, 0.05) is 32.5 Å². The van der Waals surface area contributed by atoms with Crippen LogP contribution in [0.1, 0.15) is 5.56 Å². The van der Waals surface area contributed by atoms with E-state index in [1.54, 1.807) is 12.3 Å². The van der Waals surface area contributed by atoms with Crippen LogP contribution in [-0.4, -0.2) is 10.9 Å². The van der Waals surface area contributed by atoms with Crippen molar-refractivity contribution in [3.8, 4) is 10.8 Å². The molecule has 0 atom stereocenters. The number of rotatable bonds is 1. The monoisotopic (exact) mass is 316 g/mol. The fraction of sp³-hybridized carbons (Fsp3) is 0.111. The highest BCUT2D eigenvalue weighted by atomic mass is 79.9. The Balaban J connectivity index is 2.81. The molecule has 1 aromatic heterocycles. The average molecular weight is 318 g/mol. The van der Waals surface area contributed by atoms with Crippen LogP contribution in [0.5, 0.6) is 0 Å². The third-order valence-electron chi connectivity index (χ3n) is 1.45. The zero-order valence-corrected chi connectivity index (χ0v) is 10.4. The number of pyridine rings is 1. The van der Waals surface area contributed by atoms with Gasteiger partial charge in [0.2, 0.25) is 0 Å². The molecule has 0 bridgehead atoms. The maximum Gasteiger partial charge on any atom is 0.302 e. The van der Waals surface area contributed by atoms with Crippen LogP contribution >= 0.6 is 31.9 Å². The van der Waals surface area contributed by atoms with Gasteiger partial charge in [0.1, 0.15) is 5.82 Å². The maximum absolute atomic E-state index is 11.0. The first kappa shape index (κ1) is 11.2. The molecule has 5 heteroatoms. The van der Waals surface area contributed by atoms with Crippen molar-refractivity contribution in [3.63, 3.8) is 0 Å². The highest BCUT2D eigenvalue weighted by Crippen LogP contribution is 2.16. The Labute approximate surface area is 98.6 Å². The van der Waals surface area contributed by atoms with Crippen LogP contribution in [-0.2, 0) is 4.79 Å². The number of hydrogen-bond acceptors (Lipinski definition) is 2. The third kappa shape index (κ3) is 3.13. The van der Waals surface area contributed by atoms with Crippen molar-refractivity contribution < 1.29 is 4.79 Å². The van der Waals surface area contributed by atoms with Gasteiger partial charge in [-0.05, 0) is 39.3 Å². The minimum absolute atomic E-state index is 0.393. The number of aryl methyl sites for hydroxylation is 1. The number of nitrogens with one attached hydrogen (secondary N) is 1. The summed E-state index contributed by atoms with van der Waals surface area (Å²) in [5.41, 5.74) is 1.00. The zero-order chi connectivity index (χ0) is 10.6. The van der Waals surface area contributed by atoms with E-state index in [0.29, 0.717) is 5.82 Å². The van der Waals surface area contributed by atoms with E-state index in [4.69, 9.17) is 0 Å². The predicted molar refractivity (Wildman–Crippen MR) is 62.0 cm³/mol. The molecular formula is C9H6Br2N2O. The first-order valence-electron chi connectivity index (χ1n) is 3.68. The van der Waals surface area contributed by atoms with Gasteiger partial charge < -0.3 is 0 Å². The number of carbonyl (C=O) groups is 1. The van der Waals surface area contributed by atoms with Gasteiger partial charge in [-0.2, -0.15) is 0 Å². The molecule has 0 aliphatic heterocycles. The lowest BCUT2D eigenvalue weighted by molar-refractivity contribution is -0.111. The Morgan fingerprint density at radius 1 is 1.64 bits per heavy atom. The summed E-state index contributed by atoms with van der Waals surface area (Å²) in [6.45, 7) is 1.91. The van der Waals surface area contributed by atoms with Crippen molar-refractivity contribution in [1.29, 1.82) is 0 Å². The Kier molecular flexibility index (Phi) is 4.11. The molecule has 0 aliphatic carbocycles. The fourth-order valence-electron chi connectivity index (χ4n) is 0.798. The SMILES string of the molecule is Cc1cc(NC(=O)C#CBr)ncc1Br. The summed E-state index contributed by atoms with van der Waals surface area (Å²) in [5, 5.41) is 2.54. The van der Waals surface area contributed by atoms with Gasteiger partial charge in [0.05, 0.1) is 0 Å². The van der Waals surface area contributed by atoms with Crippen LogP contribution in [0.4, 0.5) is 5.82 Å². The van der Waals surface area contributed by atoms with E-state index in [0.717, 1.165) is 10.0 Å². The summed E-state index contributed by atoms with van der Waals surface area (Å²) >= 11 is 6.16. The summed E-state index contributed by atoms with van der Waals surface area (Å²) in [7, 11) is 0. The van der Waals surface area contributed by atoms with Crippen molar-refractivity contribution in [1.82, 2.24) is 4.98 Å². The smallest absolute Gasteiger partial charge is 0.300 e. The number of anilines is 1. The van der Waals surface area contributed by atoms with Gasteiger partial charge >= 0.3 is 5.91 Å². The summed E-state index contributed by atoms with van der Waals surface area (Å²) < 4.78 is 0.905. The van der Waals surface area contributed by atoms with E-state index in [-0.39, 0.29) is 0 Å². The molecule has 72 valence electrons. The van der Waals surface area contributed by atoms with E-state index < -0.39 is 5.91 Å². The quantitative estimate of drug-likeness (QED) is 0.808. The highest BCUT2D eigenvalue weighted by Gasteiger charge is 2.01. The van der Waals surface area contributed by atoms with Crippen molar-refractivity contribution in [2.24, 2.45) is 0 Å². The second-order valence-electron chi connectivity index (χ2n) is 2.49. The third-order valence-corrected chi connectivity index (χ3v) is 2.48. The van der Waals surface area contributed by atoms with E-state index in [9.17, 15) is 4.79 Å². The molecule has 0 fully saturated rings. The van der Waals surface area contributed by atoms with Crippen LogP contribution in [0.3, 0.4) is 0 Å². The summed E-state index contributed by atoms with van der Waals surface area (Å²) in [6, 6.07) is 1.76. The molecular weight excluding hydrogens is 312 g/mol. The van der Waals surface area contributed by atoms with Crippen LogP contribution < -0.4 is 5.32 Å². The Morgan fingerprint density at radius 3 is 2.93 bits per heavy atom. The van der Waals surface area contributed by atoms with Gasteiger partial charge in [-0.3, -0.25) is 10.1 Å². The van der Waals surface area contributed by atoms with Crippen LogP contribution in [0.2, 0.25) is 0 Å². The average Bonchev–Trinajstić information content (AvgIpc) is 2.12. The van der Waals surface area contributed by atoms with E-state index in [2.05, 4.69) is 52.9 Å². The Hall–Kier alpha value is -0.860. The molecule has 1 N–H and O–H groups in total. The number of hydrogen-bond donors (Lipinski definition) is 1. The molecule has 3 nitrogen and oxygen atoms in total. The highest BCUT2D eigenvalue weighted by molar-refractivity contribution is 9.12. The van der Waals surface area contributed by atoms with Gasteiger partial charge in [0.25, 0.3) is 0 Å². The molecule has 0 aliphatic rings. The van der Waals surface area contributed by atoms with Crippen LogP contribution in [0.15, 0.2) is 16.7 Å². The molecule has 0 saturated carbocycles. The minimum Gasteiger partial charge on any atom is -0.300 e. The van der Waals surface area contributed by atoms with E-state index >= 15 is 0 Å². The number of carbonyl (C=O) groups excluding carboxylic acids is 1. The molecule has 1 heterocycles. The number of aromatic nitrogens is 1. The van der Waals surface area contributed by atoms with Crippen molar-refractivity contribution in [2.45, 2.75) is 6.92 Å². The zero-order valence-electron chi connectivity index (χ0n) is 7.27. The number of halogens is 2. The number of nitrogens with zero attached hydrogens (tertiary/aromatic N) is 1. The molecule has 0 saturated heterocycles. The van der Waals surface area contributed by atoms with Gasteiger partial charge in [0.15, 0.2) is 0 Å². The first-order chi connectivity index (χ1) is 6.63. The normalized spacial score (nSPS) is 8.79. The standard InChI is InChI=1S/C9H6Br2N2O/c1-6-4-8(12-5-7(6)11)13-9(14)2-3-10/h4-5H,1H3,(H,12,13,14). The molecule has 1 rings (SSSR count). The first-order valence-corrected chi connectivity index (χ1v) is 5.27. The Bertz CT molecular complexity index is 421. The summed E-state index contributed by atoms with van der Waals surface area (Å²) in [5.74, 6) is 2.39. The lowest BCUT2D eigenvalue weighted by atomic mass is 10.3. The lowest BCUT2D eigenvalue weighted by Crippen LogP contribution is -2.09. The topological polar surface area (TPSA) is 42.0 Å². The van der Waals surface area contributed by atoms with Crippen molar-refractivity contribution >= 4 is 43.6 Å². The van der Waals surface area contributed by atoms with Gasteiger partial charge in [-0.15, -0.1) is 0 Å². The van der Waals surface area contributed by atoms with Crippen molar-refractivity contribution in [2.75, 3.05) is 5.32 Å². The predicted octanol–water partition coefficient (Wildman–Crippen LogP) is 2.45. The minimum atomic E-state index is -0.393. The number of amides is 1. The van der Waals surface area contributed by atoms with Crippen LogP contribution in [0, 0.1) is 17.7 Å². The molecule has 14 heavy (non-hydrogen) atoms. The summed E-state index contributed by atoms with van der Waals surface area (Å²) in [4.78, 5) is 17.4. The largest absolute Gasteiger partial charge is 0.302 e. The maximum atomic E-state index is 11.0. The second kappa shape index (κ2) is 5.13. The second-order valence-corrected chi connectivity index (χ2v) is 3.74. The molecule has 0 radical (unpaired) electrons. The molecule has 0 aromatic carbocycles. The molecule has 1 amide bonds. The van der Waals surface area contributed by atoms with Gasteiger partial charge in [-0.1, -0.05) is 0 Å². The lowest BCUT2D eigenvalue weighted by Gasteiger charge is -2.02. The van der Waals surface area contributed by atoms with Gasteiger partial charge in [-0.25, -0.2) is 4.98 Å². The van der Waals surface area contributed by atoms with Crippen molar-refractivity contribution in [3.05, 3.63) is 22.3 Å². The van der Waals surface area contributed by atoms with Crippen LogP contribution in [0.25, 0.3) is 0 Å². The van der Waals surface area contributed by atoms with E-state index in [1.807, 2.05) is 6.92 Å². The molecule has 0 spiro atoms. The molecule has 1 aromatic rings. The summed E-state index contributed by atoms with van der Waals surface area (Å²) in [6.07, 6.45) is 1.63. The molecule has 0 unspecified atom stereocenters. The van der Waals surface area contributed by atoms with E-state index in [1.165, 1.54) is 0 Å². The fourth-order valence-corrected chi connectivity index (χ4v) is 1.20.